The van der Waals surface area contributed by atoms with Crippen molar-refractivity contribution in [1.82, 2.24) is 12.3 Å². The average Bonchev–Trinajstić information content (AvgIpc) is 1.92. The Morgan fingerprint density at radius 2 is 0.944 bits per heavy atom. The maximum Gasteiger partial charge on any atom is 0.275 e. The molecule has 0 aliphatic carbocycles. The highest BCUT2D eigenvalue weighted by Crippen LogP contribution is 2.12. The van der Waals surface area contributed by atoms with E-state index in [1.807, 2.05) is 0 Å². The number of carbonyl (C=O) groups excluding carboxylic acids is 2. The van der Waals surface area contributed by atoms with Crippen molar-refractivity contribution in [1.29, 1.82) is 0 Å². The van der Waals surface area contributed by atoms with Crippen molar-refractivity contribution in [2.75, 3.05) is 0 Å². The van der Waals surface area contributed by atoms with Crippen LogP contribution in [0.2, 0.25) is 0 Å². The Kier molecular flexibility index (Phi) is 8.00. The summed E-state index contributed by atoms with van der Waals surface area (Å²) in [5.74, 6) is -5.43. The minimum Gasteiger partial charge on any atom is -0.549 e. The highest BCUT2D eigenvalue weighted by molar-refractivity contribution is 7.91. The molecular weight excluding hydrogens is 300 g/mol. The first-order valence-corrected chi connectivity index (χ1v) is 6.24. The molecule has 0 amide bonds. The van der Waals surface area contributed by atoms with Gasteiger partial charge in [0.25, 0.3) is 20.2 Å². The predicted molar refractivity (Wildman–Crippen MR) is 52.7 cm³/mol. The molecule has 0 bridgehead atoms. The van der Waals surface area contributed by atoms with Gasteiger partial charge in [0.1, 0.15) is 0 Å². The summed E-state index contributed by atoms with van der Waals surface area (Å²) in [4.78, 5) is 20.4. The lowest BCUT2D eigenvalue weighted by Gasteiger charge is -2.23. The Morgan fingerprint density at radius 1 is 0.778 bits per heavy atom. The van der Waals surface area contributed by atoms with Gasteiger partial charge >= 0.3 is 0 Å². The van der Waals surface area contributed by atoms with Crippen molar-refractivity contribution in [3.8, 4) is 0 Å². The van der Waals surface area contributed by atoms with Gasteiger partial charge in [-0.2, -0.15) is 16.8 Å². The van der Waals surface area contributed by atoms with Gasteiger partial charge in [-0.25, -0.2) is 0 Å². The van der Waals surface area contributed by atoms with Crippen LogP contribution in [0.15, 0.2) is 0 Å². The smallest absolute Gasteiger partial charge is 0.275 e. The van der Waals surface area contributed by atoms with Gasteiger partial charge < -0.3 is 32.1 Å². The maximum atomic E-state index is 10.4. The molecule has 0 heterocycles. The first kappa shape index (κ1) is 21.9. The summed E-state index contributed by atoms with van der Waals surface area (Å²) in [5.41, 5.74) is 0. The number of aliphatic carboxylic acids is 2. The molecule has 0 fully saturated rings. The molecule has 14 heteroatoms. The zero-order valence-electron chi connectivity index (χ0n) is 9.13. The molecule has 0 aliphatic heterocycles. The molecule has 0 saturated carbocycles. The van der Waals surface area contributed by atoms with Crippen LogP contribution < -0.4 is 22.5 Å². The highest BCUT2D eigenvalue weighted by Gasteiger charge is 2.42. The van der Waals surface area contributed by atoms with Crippen molar-refractivity contribution >= 4 is 32.2 Å². The van der Waals surface area contributed by atoms with E-state index in [1.54, 1.807) is 0 Å². The van der Waals surface area contributed by atoms with Crippen LogP contribution in [0.1, 0.15) is 0 Å². The number of hydrogen-bond acceptors (Lipinski definition) is 8. The first-order chi connectivity index (χ1) is 6.89. The van der Waals surface area contributed by atoms with Gasteiger partial charge in [-0.3, -0.25) is 9.11 Å². The monoisotopic (exact) mass is 312 g/mol. The molecule has 0 rings (SSSR count). The Balaban J connectivity index is -0.00000112. The third-order valence-electron chi connectivity index (χ3n) is 1.38. The zero-order chi connectivity index (χ0) is 13.3. The lowest BCUT2D eigenvalue weighted by atomic mass is 10.3. The summed E-state index contributed by atoms with van der Waals surface area (Å²) >= 11 is 0. The first-order valence-electron chi connectivity index (χ1n) is 3.23. The van der Waals surface area contributed by atoms with Gasteiger partial charge in [-0.15, -0.1) is 0 Å². The van der Waals surface area contributed by atoms with E-state index in [0.29, 0.717) is 0 Å². The average molecular weight is 312 g/mol. The lowest BCUT2D eigenvalue weighted by Crippen LogP contribution is -2.57. The Labute approximate surface area is 101 Å². The second-order valence-corrected chi connectivity index (χ2v) is 5.58. The third kappa shape index (κ3) is 5.34. The highest BCUT2D eigenvalue weighted by atomic mass is 32.2. The van der Waals surface area contributed by atoms with Crippen LogP contribution in [-0.2, 0) is 29.8 Å². The molecule has 2 unspecified atom stereocenters. The van der Waals surface area contributed by atoms with Crippen LogP contribution in [0.5, 0.6) is 0 Å². The minimum atomic E-state index is -5.61. The van der Waals surface area contributed by atoms with Crippen molar-refractivity contribution in [2.45, 2.75) is 10.5 Å². The number of carboxylic acid groups (broad SMARTS) is 2. The van der Waals surface area contributed by atoms with E-state index in [2.05, 4.69) is 0 Å². The SMILES string of the molecule is O=C([O-])C(C(C(=O)[O-])S(=O)(=O)O)S(=O)(=O)O.[NH4+].[NH4+]. The number of quaternary nitrogens is 2. The number of carboxylic acids is 2. The van der Waals surface area contributed by atoms with Crippen LogP contribution in [-0.4, -0.2) is 48.4 Å². The molecule has 0 aromatic carbocycles. The van der Waals surface area contributed by atoms with Crippen molar-refractivity contribution in [3.05, 3.63) is 0 Å². The van der Waals surface area contributed by atoms with Gasteiger partial charge in [-0.05, 0) is 0 Å². The van der Waals surface area contributed by atoms with Crippen LogP contribution in [0.4, 0.5) is 0 Å². The molecule has 0 saturated heterocycles. The van der Waals surface area contributed by atoms with E-state index in [4.69, 9.17) is 9.11 Å². The third-order valence-corrected chi connectivity index (χ3v) is 3.77. The maximum absolute atomic E-state index is 10.4. The van der Waals surface area contributed by atoms with Gasteiger partial charge in [0.15, 0.2) is 10.5 Å². The molecule has 18 heavy (non-hydrogen) atoms. The van der Waals surface area contributed by atoms with E-state index in [0.717, 1.165) is 0 Å². The quantitative estimate of drug-likeness (QED) is 0.355. The molecule has 0 aliphatic rings. The second kappa shape index (κ2) is 6.57. The molecule has 110 valence electrons. The van der Waals surface area contributed by atoms with E-state index in [9.17, 15) is 36.6 Å². The standard InChI is InChI=1S/C4H6O10S2.2H3N/c5-3(6)1(15(9,10)11)2(4(7)8)16(12,13)14;;/h1-2H,(H,5,6)(H,7,8)(H,9,10,11)(H,12,13,14);2*1H3. The van der Waals surface area contributed by atoms with Crippen LogP contribution in [0.25, 0.3) is 0 Å². The lowest BCUT2D eigenvalue weighted by molar-refractivity contribution is -0.314. The molecule has 0 aromatic rings. The van der Waals surface area contributed by atoms with Gasteiger partial charge in [-0.1, -0.05) is 0 Å². The van der Waals surface area contributed by atoms with Gasteiger partial charge in [0, 0.05) is 0 Å². The van der Waals surface area contributed by atoms with Gasteiger partial charge in [0.2, 0.25) is 0 Å². The fourth-order valence-corrected chi connectivity index (χ4v) is 2.98. The zero-order valence-corrected chi connectivity index (χ0v) is 10.8. The summed E-state index contributed by atoms with van der Waals surface area (Å²) in [6.45, 7) is 0. The molecule has 2 atom stereocenters. The fourth-order valence-electron chi connectivity index (χ4n) is 0.803. The molecule has 0 aromatic heterocycles. The number of rotatable bonds is 5. The molecular formula is C4H12N2O10S2. The van der Waals surface area contributed by atoms with E-state index >= 15 is 0 Å². The van der Waals surface area contributed by atoms with Crippen LogP contribution in [0, 0.1) is 0 Å². The Hall–Kier alpha value is -1.32. The summed E-state index contributed by atoms with van der Waals surface area (Å²) in [6.07, 6.45) is 0. The molecule has 0 radical (unpaired) electrons. The molecule has 10 N–H and O–H groups in total. The Morgan fingerprint density at radius 3 is 1.00 bits per heavy atom. The minimum absolute atomic E-state index is 0. The van der Waals surface area contributed by atoms with Crippen molar-refractivity contribution in [3.63, 3.8) is 0 Å². The summed E-state index contributed by atoms with van der Waals surface area (Å²) in [5, 5.41) is 13.7. The largest absolute Gasteiger partial charge is 0.549 e. The van der Waals surface area contributed by atoms with E-state index in [1.165, 1.54) is 0 Å². The fraction of sp³-hybridized carbons (Fsp3) is 0.500. The summed E-state index contributed by atoms with van der Waals surface area (Å²) in [7, 11) is -11.2. The number of carbonyl (C=O) groups is 2. The van der Waals surface area contributed by atoms with Crippen LogP contribution >= 0.6 is 0 Å². The molecule has 12 nitrogen and oxygen atoms in total. The van der Waals surface area contributed by atoms with Crippen LogP contribution in [0.3, 0.4) is 0 Å². The summed E-state index contributed by atoms with van der Waals surface area (Å²) in [6, 6.07) is 0. The van der Waals surface area contributed by atoms with Gasteiger partial charge in [0.05, 0.1) is 11.9 Å². The predicted octanol–water partition coefficient (Wildman–Crippen LogP) is -4.25. The topological polar surface area (TPSA) is 262 Å². The molecule has 0 spiro atoms. The number of hydrogen-bond donors (Lipinski definition) is 4. The van der Waals surface area contributed by atoms with E-state index < -0.39 is 42.7 Å². The Bertz CT molecular complexity index is 458. The summed E-state index contributed by atoms with van der Waals surface area (Å²) < 4.78 is 58.4. The normalized spacial score (nSPS) is 14.6. The van der Waals surface area contributed by atoms with Crippen molar-refractivity contribution in [2.24, 2.45) is 0 Å². The van der Waals surface area contributed by atoms with E-state index in [-0.39, 0.29) is 12.3 Å². The second-order valence-electron chi connectivity index (χ2n) is 2.51. The van der Waals surface area contributed by atoms with Crippen molar-refractivity contribution < 1.29 is 45.7 Å².